The molecule has 10 aromatic rings. The Kier molecular flexibility index (Phi) is 8.68. The first-order valence-electron chi connectivity index (χ1n) is 21.4. The van der Waals surface area contributed by atoms with E-state index in [2.05, 4.69) is 251 Å². The number of hydrogen-bond acceptors (Lipinski definition) is 3. The summed E-state index contributed by atoms with van der Waals surface area (Å²) in [5.41, 5.74) is 18.8. The molecular weight excluding hydrogens is 753 g/mol. The summed E-state index contributed by atoms with van der Waals surface area (Å²) in [4.78, 5) is 2.45. The molecule has 0 radical (unpaired) electrons. The summed E-state index contributed by atoms with van der Waals surface area (Å²) in [5, 5.41) is 10.5. The van der Waals surface area contributed by atoms with Crippen molar-refractivity contribution in [3.8, 4) is 44.5 Å². The lowest BCUT2D eigenvalue weighted by molar-refractivity contribution is 0.383. The first-order valence-corrected chi connectivity index (χ1v) is 21.4. The molecule has 2 aliphatic rings. The predicted octanol–water partition coefficient (Wildman–Crippen LogP) is 14.7. The molecule has 0 saturated heterocycles. The van der Waals surface area contributed by atoms with Crippen molar-refractivity contribution in [3.63, 3.8) is 0 Å². The Morgan fingerprint density at radius 2 is 0.952 bits per heavy atom. The van der Waals surface area contributed by atoms with E-state index in [1.165, 1.54) is 77.6 Å². The summed E-state index contributed by atoms with van der Waals surface area (Å²) in [6.07, 6.45) is 1.98. The molecule has 0 aliphatic carbocycles. The van der Waals surface area contributed by atoms with Gasteiger partial charge in [-0.1, -0.05) is 176 Å². The highest BCUT2D eigenvalue weighted by atomic mass is 15.3. The highest BCUT2D eigenvalue weighted by Gasteiger charge is 2.31. The molecule has 9 aromatic carbocycles. The van der Waals surface area contributed by atoms with Gasteiger partial charge < -0.3 is 14.8 Å². The molecule has 4 heteroatoms. The van der Waals surface area contributed by atoms with Crippen molar-refractivity contribution >= 4 is 44.6 Å². The van der Waals surface area contributed by atoms with Crippen molar-refractivity contribution in [2.24, 2.45) is 0 Å². The highest BCUT2D eigenvalue weighted by Crippen LogP contribution is 2.52. The van der Waals surface area contributed by atoms with Crippen LogP contribution in [-0.4, -0.2) is 4.57 Å². The minimum absolute atomic E-state index is 0.190. The smallest absolute Gasteiger partial charge is 0.108 e. The molecule has 1 aromatic heterocycles. The maximum absolute atomic E-state index is 4.11. The van der Waals surface area contributed by atoms with Crippen molar-refractivity contribution in [2.75, 3.05) is 4.90 Å². The van der Waals surface area contributed by atoms with E-state index < -0.39 is 0 Å². The summed E-state index contributed by atoms with van der Waals surface area (Å²) < 4.78 is 2.52. The predicted molar refractivity (Wildman–Crippen MR) is 258 cm³/mol. The van der Waals surface area contributed by atoms with Gasteiger partial charge in [-0.2, -0.15) is 0 Å². The molecular formula is C58H42N4. The maximum atomic E-state index is 4.11. The van der Waals surface area contributed by atoms with E-state index in [0.717, 1.165) is 22.6 Å². The lowest BCUT2D eigenvalue weighted by Crippen LogP contribution is -2.41. The second-order valence-corrected chi connectivity index (χ2v) is 16.2. The number of aromatic nitrogens is 1. The van der Waals surface area contributed by atoms with Gasteiger partial charge in [0.2, 0.25) is 0 Å². The standard InChI is InChI=1S/C58H42N4/c1-4-18-39(19-5-1)41-22-16-24-43(34-41)52-38-57(60-58(59-52)44-25-17-23-42(35-44)40-20-6-2-7-21-40)62-54-33-15-13-31-49(54)51-37-55-50(36-56(51)62)47-29-11-10-28-46(47)48-30-12-14-32-53(48)61(55)45-26-8-3-9-27-45/h1-38,57-60H. The van der Waals surface area contributed by atoms with Crippen LogP contribution in [0.3, 0.4) is 0 Å². The van der Waals surface area contributed by atoms with E-state index >= 15 is 0 Å². The molecule has 2 atom stereocenters. The normalized spacial score (nSPS) is 15.5. The van der Waals surface area contributed by atoms with Gasteiger partial charge in [0.25, 0.3) is 0 Å². The van der Waals surface area contributed by atoms with E-state index in [9.17, 15) is 0 Å². The zero-order valence-corrected chi connectivity index (χ0v) is 34.0. The van der Waals surface area contributed by atoms with Gasteiger partial charge in [-0.3, -0.25) is 5.32 Å². The summed E-state index contributed by atoms with van der Waals surface area (Å²) >= 11 is 0. The molecule has 2 N–H and O–H groups in total. The molecule has 0 bridgehead atoms. The lowest BCUT2D eigenvalue weighted by Gasteiger charge is -2.34. The third kappa shape index (κ3) is 6.11. The minimum Gasteiger partial charge on any atom is -0.366 e. The van der Waals surface area contributed by atoms with Gasteiger partial charge in [-0.15, -0.1) is 0 Å². The summed E-state index contributed by atoms with van der Waals surface area (Å²) in [6, 6.07) is 81.4. The minimum atomic E-state index is -0.207. The number of benzene rings is 9. The van der Waals surface area contributed by atoms with E-state index in [4.69, 9.17) is 0 Å². The van der Waals surface area contributed by atoms with Crippen molar-refractivity contribution in [3.05, 3.63) is 242 Å². The van der Waals surface area contributed by atoms with Gasteiger partial charge in [0.1, 0.15) is 12.3 Å². The molecule has 0 amide bonds. The van der Waals surface area contributed by atoms with Crippen LogP contribution in [0.1, 0.15) is 23.5 Å². The first-order chi connectivity index (χ1) is 30.7. The zero-order chi connectivity index (χ0) is 41.0. The van der Waals surface area contributed by atoms with Crippen LogP contribution in [0.5, 0.6) is 0 Å². The Bertz CT molecular complexity index is 3310. The Morgan fingerprint density at radius 1 is 0.371 bits per heavy atom. The molecule has 0 spiro atoms. The molecule has 12 rings (SSSR count). The first kappa shape index (κ1) is 36.0. The average Bonchev–Trinajstić information content (AvgIpc) is 3.62. The van der Waals surface area contributed by atoms with Crippen LogP contribution in [0.2, 0.25) is 0 Å². The summed E-state index contributed by atoms with van der Waals surface area (Å²) in [7, 11) is 0. The largest absolute Gasteiger partial charge is 0.366 e. The summed E-state index contributed by atoms with van der Waals surface area (Å²) in [6.45, 7) is 0. The third-order valence-corrected chi connectivity index (χ3v) is 12.6. The molecule has 294 valence electrons. The molecule has 0 saturated carbocycles. The third-order valence-electron chi connectivity index (χ3n) is 12.6. The van der Waals surface area contributed by atoms with Crippen molar-refractivity contribution in [1.29, 1.82) is 0 Å². The van der Waals surface area contributed by atoms with Gasteiger partial charge in [0.15, 0.2) is 0 Å². The topological polar surface area (TPSA) is 32.2 Å². The van der Waals surface area contributed by atoms with Crippen molar-refractivity contribution in [1.82, 2.24) is 15.2 Å². The Balaban J connectivity index is 1.09. The second-order valence-electron chi connectivity index (χ2n) is 16.2. The van der Waals surface area contributed by atoms with E-state index in [1.807, 2.05) is 0 Å². The highest BCUT2D eigenvalue weighted by molar-refractivity contribution is 6.14. The summed E-state index contributed by atoms with van der Waals surface area (Å²) in [5.74, 6) is 0. The fourth-order valence-corrected chi connectivity index (χ4v) is 9.72. The van der Waals surface area contributed by atoms with Gasteiger partial charge in [0.05, 0.1) is 22.4 Å². The fraction of sp³-hybridized carbons (Fsp3) is 0.0345. The van der Waals surface area contributed by atoms with Crippen molar-refractivity contribution in [2.45, 2.75) is 12.3 Å². The van der Waals surface area contributed by atoms with E-state index in [1.54, 1.807) is 0 Å². The quantitative estimate of drug-likeness (QED) is 0.176. The Morgan fingerprint density at radius 3 is 1.71 bits per heavy atom. The van der Waals surface area contributed by atoms with Crippen LogP contribution in [0, 0.1) is 0 Å². The molecule has 4 nitrogen and oxygen atoms in total. The van der Waals surface area contributed by atoms with Gasteiger partial charge in [-0.25, -0.2) is 0 Å². The maximum Gasteiger partial charge on any atom is 0.108 e. The number of hydrogen-bond donors (Lipinski definition) is 2. The lowest BCUT2D eigenvalue weighted by atomic mass is 9.94. The van der Waals surface area contributed by atoms with Crippen molar-refractivity contribution < 1.29 is 0 Å². The molecule has 2 unspecified atom stereocenters. The van der Waals surface area contributed by atoms with Gasteiger partial charge >= 0.3 is 0 Å². The second kappa shape index (κ2) is 15.0. The Hall–Kier alpha value is -7.92. The van der Waals surface area contributed by atoms with Crippen LogP contribution in [0.15, 0.2) is 231 Å². The van der Waals surface area contributed by atoms with E-state index in [-0.39, 0.29) is 12.3 Å². The zero-order valence-electron chi connectivity index (χ0n) is 34.0. The fourth-order valence-electron chi connectivity index (χ4n) is 9.72. The average molecular weight is 795 g/mol. The number of rotatable bonds is 6. The molecule has 2 aliphatic heterocycles. The van der Waals surface area contributed by atoms with Gasteiger partial charge in [0, 0.05) is 33.3 Å². The molecule has 3 heterocycles. The number of nitrogens with one attached hydrogen (secondary N) is 2. The van der Waals surface area contributed by atoms with Crippen LogP contribution in [0.25, 0.3) is 72.0 Å². The van der Waals surface area contributed by atoms with Crippen LogP contribution in [-0.2, 0) is 0 Å². The number of fused-ring (bicyclic) bond motifs is 8. The van der Waals surface area contributed by atoms with Gasteiger partial charge in [-0.05, 0) is 99.1 Å². The SMILES string of the molecule is C1=C(c2cccc(-c3ccccc3)c2)NC(c2cccc(-c3ccccc3)c2)NC1n1c2ccccc2c2cc3c(cc21)-c1ccccc1-c1ccccc1N3c1ccccc1. The molecule has 62 heavy (non-hydrogen) atoms. The number of nitrogens with zero attached hydrogens (tertiary/aromatic N) is 2. The number of anilines is 3. The Labute approximate surface area is 361 Å². The van der Waals surface area contributed by atoms with Crippen LogP contribution < -0.4 is 15.5 Å². The van der Waals surface area contributed by atoms with Crippen LogP contribution >= 0.6 is 0 Å². The van der Waals surface area contributed by atoms with Crippen LogP contribution in [0.4, 0.5) is 17.1 Å². The monoisotopic (exact) mass is 794 g/mol. The molecule has 0 fully saturated rings. The van der Waals surface area contributed by atoms with E-state index in [0.29, 0.717) is 0 Å². The number of para-hydroxylation sites is 3.